The highest BCUT2D eigenvalue weighted by Crippen LogP contribution is 2.25. The van der Waals surface area contributed by atoms with E-state index in [0.717, 1.165) is 4.90 Å². The number of nitrogens with two attached hydrogens (primary N) is 1. The molecule has 0 aromatic heterocycles. The molecule has 0 saturated carbocycles. The lowest BCUT2D eigenvalue weighted by molar-refractivity contribution is -0.160. The number of alkyl halides is 2. The third-order valence-electron chi connectivity index (χ3n) is 7.54. The van der Waals surface area contributed by atoms with Crippen molar-refractivity contribution in [1.82, 2.24) is 20.9 Å². The van der Waals surface area contributed by atoms with E-state index in [2.05, 4.69) is 53.1 Å². The van der Waals surface area contributed by atoms with Crippen molar-refractivity contribution in [3.8, 4) is 5.75 Å². The lowest BCUT2D eigenvalue weighted by atomic mass is 10.00. The van der Waals surface area contributed by atoms with Crippen molar-refractivity contribution < 1.29 is 48.1 Å². The molecule has 50 heavy (non-hydrogen) atoms. The molecule has 1 aromatic carbocycles. The van der Waals surface area contributed by atoms with Crippen molar-refractivity contribution in [1.29, 1.82) is 0 Å². The number of amides is 6. The number of benzene rings is 1. The number of anilines is 1. The van der Waals surface area contributed by atoms with Gasteiger partial charge in [-0.2, -0.15) is 0 Å². The number of carbonyl (C=O) groups is 7. The van der Waals surface area contributed by atoms with E-state index in [1.165, 1.54) is 39.3 Å². The summed E-state index contributed by atoms with van der Waals surface area (Å²) >= 11 is 6.58. The van der Waals surface area contributed by atoms with Gasteiger partial charge in [0.25, 0.3) is 5.91 Å². The first-order valence-corrected chi connectivity index (χ1v) is 18.1. The van der Waals surface area contributed by atoms with Crippen molar-refractivity contribution in [3.63, 3.8) is 0 Å². The van der Waals surface area contributed by atoms with E-state index in [0.29, 0.717) is 29.9 Å². The minimum Gasteiger partial charge on any atom is -0.496 e. The Bertz CT molecular complexity index is 1360. The van der Waals surface area contributed by atoms with Gasteiger partial charge in [-0.15, -0.1) is 0 Å². The fourth-order valence-electron chi connectivity index (χ4n) is 4.42. The van der Waals surface area contributed by atoms with Crippen LogP contribution >= 0.6 is 31.9 Å². The Labute approximate surface area is 308 Å². The van der Waals surface area contributed by atoms with Crippen LogP contribution in [-0.2, 0) is 28.7 Å². The monoisotopic (exact) mass is 834 g/mol. The number of methoxy groups -OCH3 is 1. The number of hydrogen-bond donors (Lipinski definition) is 6. The number of carboxylic acid groups (broad SMARTS) is 1. The molecule has 1 aromatic rings. The van der Waals surface area contributed by atoms with E-state index in [-0.39, 0.29) is 60.6 Å². The number of aliphatic carboxylic acids is 1. The van der Waals surface area contributed by atoms with Crippen molar-refractivity contribution in [2.24, 2.45) is 11.7 Å². The second-order valence-electron chi connectivity index (χ2n) is 12.1. The maximum Gasteiger partial charge on any atom is 0.326 e. The molecule has 280 valence electrons. The van der Waals surface area contributed by atoms with Gasteiger partial charge in [0.05, 0.1) is 25.1 Å². The summed E-state index contributed by atoms with van der Waals surface area (Å²) in [7, 11) is 2.65. The van der Waals surface area contributed by atoms with E-state index < -0.39 is 54.0 Å². The van der Waals surface area contributed by atoms with Crippen LogP contribution in [0.4, 0.5) is 10.5 Å². The number of likely N-dealkylation sites (N-methyl/N-ethyl adjacent to an activating group) is 1. The van der Waals surface area contributed by atoms with Crippen LogP contribution in [0.15, 0.2) is 18.2 Å². The second-order valence-corrected chi connectivity index (χ2v) is 13.4. The highest BCUT2D eigenvalue weighted by Gasteiger charge is 2.28. The number of carbonyl (C=O) groups excluding carboxylic acids is 6. The van der Waals surface area contributed by atoms with Gasteiger partial charge in [0.2, 0.25) is 17.7 Å². The number of hydrogen-bond acceptors (Lipinski definition) is 9. The molecule has 1 unspecified atom stereocenters. The Hall–Kier alpha value is -3.93. The molecule has 7 N–H and O–H groups in total. The number of nitrogens with one attached hydrogen (secondary N) is 4. The molecular formula is C32H48Br2N6O10. The lowest BCUT2D eigenvalue weighted by Crippen LogP contribution is -2.47. The normalized spacial score (nSPS) is 12.2. The van der Waals surface area contributed by atoms with Crippen LogP contribution in [0.1, 0.15) is 69.7 Å². The summed E-state index contributed by atoms with van der Waals surface area (Å²) < 4.78 is 10.9. The maximum atomic E-state index is 13.3. The minimum absolute atomic E-state index is 0.0695. The van der Waals surface area contributed by atoms with Crippen molar-refractivity contribution in [2.75, 3.05) is 43.2 Å². The van der Waals surface area contributed by atoms with Crippen LogP contribution in [0.2, 0.25) is 0 Å². The van der Waals surface area contributed by atoms with Crippen LogP contribution in [-0.4, -0.2) is 107 Å². The van der Waals surface area contributed by atoms with Gasteiger partial charge in [0.15, 0.2) is 0 Å². The van der Waals surface area contributed by atoms with Gasteiger partial charge in [0.1, 0.15) is 23.4 Å². The summed E-state index contributed by atoms with van der Waals surface area (Å²) in [5.74, 6) is -3.96. The van der Waals surface area contributed by atoms with Gasteiger partial charge in [-0.05, 0) is 65.0 Å². The molecule has 1 rings (SSSR count). The molecule has 0 radical (unpaired) electrons. The standard InChI is InChI=1S/C32H48Br2N6O10/c1-19(29(45)46)40(4)28(44)22-12-11-21(15-24(22)49-5)38-27(43)23(9-8-14-36-31(35)48)39-26(42)18-37-25(41)10-6-7-13-32(2,3)50-30(47)20(16-33)17-34/h11-12,15,19-20,23H,6-10,13-14,16-18H2,1-5H3,(H,37,41)(H,38,43)(H,39,42)(H,45,46)(H3,35,36,48)/t19-,23?/m0/s1. The van der Waals surface area contributed by atoms with Gasteiger partial charge in [-0.25, -0.2) is 9.59 Å². The zero-order chi connectivity index (χ0) is 38.0. The van der Waals surface area contributed by atoms with Gasteiger partial charge >= 0.3 is 18.0 Å². The average molecular weight is 837 g/mol. The summed E-state index contributed by atoms with van der Waals surface area (Å²) in [5.41, 5.74) is 4.69. The number of nitrogens with zero attached hydrogens (tertiary/aromatic N) is 1. The first kappa shape index (κ1) is 44.1. The van der Waals surface area contributed by atoms with Crippen molar-refractivity contribution in [3.05, 3.63) is 23.8 Å². The van der Waals surface area contributed by atoms with Gasteiger partial charge < -0.3 is 46.5 Å². The molecule has 0 aliphatic carbocycles. The summed E-state index contributed by atoms with van der Waals surface area (Å²) in [4.78, 5) is 87.0. The van der Waals surface area contributed by atoms with E-state index in [4.69, 9.17) is 15.2 Å². The zero-order valence-corrected chi connectivity index (χ0v) is 32.1. The highest BCUT2D eigenvalue weighted by molar-refractivity contribution is 9.09. The molecule has 0 bridgehead atoms. The lowest BCUT2D eigenvalue weighted by Gasteiger charge is -2.27. The Morgan fingerprint density at radius 1 is 1.00 bits per heavy atom. The maximum absolute atomic E-state index is 13.3. The number of carboxylic acids is 1. The van der Waals surface area contributed by atoms with Gasteiger partial charge in [0, 0.05) is 42.4 Å². The Morgan fingerprint density at radius 2 is 1.66 bits per heavy atom. The largest absolute Gasteiger partial charge is 0.496 e. The van der Waals surface area contributed by atoms with Crippen LogP contribution in [0.3, 0.4) is 0 Å². The highest BCUT2D eigenvalue weighted by atomic mass is 79.9. The Kier molecular flexibility index (Phi) is 19.4. The average Bonchev–Trinajstić information content (AvgIpc) is 3.06. The number of urea groups is 1. The summed E-state index contributed by atoms with van der Waals surface area (Å²) in [6, 6.07) is 1.26. The molecule has 2 atom stereocenters. The van der Waals surface area contributed by atoms with Crippen LogP contribution in [0.25, 0.3) is 0 Å². The van der Waals surface area contributed by atoms with E-state index in [1.54, 1.807) is 0 Å². The summed E-state index contributed by atoms with van der Waals surface area (Å²) in [5, 5.41) is 20.4. The van der Waals surface area contributed by atoms with E-state index in [9.17, 15) is 38.7 Å². The van der Waals surface area contributed by atoms with Crippen molar-refractivity contribution in [2.45, 2.75) is 77.0 Å². The molecule has 0 fully saturated rings. The van der Waals surface area contributed by atoms with E-state index >= 15 is 0 Å². The molecule has 0 spiro atoms. The zero-order valence-electron chi connectivity index (χ0n) is 28.9. The van der Waals surface area contributed by atoms with Gasteiger partial charge in [-0.3, -0.25) is 24.0 Å². The molecular weight excluding hydrogens is 788 g/mol. The van der Waals surface area contributed by atoms with Gasteiger partial charge in [-0.1, -0.05) is 31.9 Å². The van der Waals surface area contributed by atoms with Crippen LogP contribution in [0, 0.1) is 5.92 Å². The topological polar surface area (TPSA) is 236 Å². The molecule has 16 nitrogen and oxygen atoms in total. The first-order valence-electron chi connectivity index (χ1n) is 15.9. The number of unbranched alkanes of at least 4 members (excludes halogenated alkanes) is 1. The van der Waals surface area contributed by atoms with E-state index in [1.807, 2.05) is 13.8 Å². The summed E-state index contributed by atoms with van der Waals surface area (Å²) in [6.07, 6.45) is 2.15. The summed E-state index contributed by atoms with van der Waals surface area (Å²) in [6.45, 7) is 4.72. The molecule has 0 aliphatic rings. The second kappa shape index (κ2) is 22.0. The van der Waals surface area contributed by atoms with Crippen molar-refractivity contribution >= 4 is 79.1 Å². The fraction of sp³-hybridized carbons (Fsp3) is 0.594. The smallest absolute Gasteiger partial charge is 0.326 e. The third kappa shape index (κ3) is 15.7. The number of ether oxygens (including phenoxy) is 2. The van der Waals surface area contributed by atoms with Crippen LogP contribution in [0.5, 0.6) is 5.75 Å². The molecule has 0 saturated heterocycles. The van der Waals surface area contributed by atoms with Crippen LogP contribution < -0.4 is 31.7 Å². The predicted molar refractivity (Wildman–Crippen MR) is 192 cm³/mol. The number of primary amides is 1. The predicted octanol–water partition coefficient (Wildman–Crippen LogP) is 2.52. The fourth-order valence-corrected chi connectivity index (χ4v) is 6.02. The number of esters is 1. The first-order chi connectivity index (χ1) is 23.5. The Balaban J connectivity index is 2.80. The molecule has 6 amide bonds. The molecule has 0 aliphatic heterocycles. The molecule has 18 heteroatoms. The minimum atomic E-state index is -1.19. The molecule has 0 heterocycles. The number of rotatable bonds is 22. The SMILES string of the molecule is COc1cc(NC(=O)C(CCCNC(N)=O)NC(=O)CNC(=O)CCCCC(C)(C)OC(=O)C(CBr)CBr)ccc1C(=O)N(C)[C@@H](C)C(=O)O. The number of halogens is 2. The third-order valence-corrected chi connectivity index (χ3v) is 9.10. The Morgan fingerprint density at radius 3 is 2.24 bits per heavy atom. The quantitative estimate of drug-likeness (QED) is 0.0567.